The Morgan fingerprint density at radius 1 is 1.69 bits per heavy atom. The van der Waals surface area contributed by atoms with Gasteiger partial charge in [0.1, 0.15) is 4.88 Å². The molecule has 1 atom stereocenters. The maximum Gasteiger partial charge on any atom is 0.347 e. The lowest BCUT2D eigenvalue weighted by Crippen LogP contribution is -2.17. The van der Waals surface area contributed by atoms with Crippen LogP contribution in [0.4, 0.5) is 5.13 Å². The number of aryl methyl sites for hydroxylation is 1. The van der Waals surface area contributed by atoms with Gasteiger partial charge in [0.2, 0.25) is 0 Å². The minimum absolute atomic E-state index is 0.303. The summed E-state index contributed by atoms with van der Waals surface area (Å²) >= 11 is 3.05. The number of carboxylic acid groups (broad SMARTS) is 1. The van der Waals surface area contributed by atoms with Gasteiger partial charge in [-0.15, -0.1) is 0 Å². The molecule has 0 bridgehead atoms. The zero-order valence-electron chi connectivity index (χ0n) is 9.61. The molecule has 2 N–H and O–H groups in total. The third kappa shape index (κ3) is 3.68. The van der Waals surface area contributed by atoms with E-state index in [1.54, 1.807) is 6.92 Å². The molecule has 0 saturated heterocycles. The van der Waals surface area contributed by atoms with E-state index >= 15 is 0 Å². The van der Waals surface area contributed by atoms with Gasteiger partial charge in [0.15, 0.2) is 5.13 Å². The highest BCUT2D eigenvalue weighted by atomic mass is 32.2. The molecule has 0 aromatic carbocycles. The van der Waals surface area contributed by atoms with E-state index in [0.29, 0.717) is 21.7 Å². The molecular weight excluding hydrogens is 244 g/mol. The lowest BCUT2D eigenvalue weighted by Gasteiger charge is -2.11. The maximum atomic E-state index is 10.8. The van der Waals surface area contributed by atoms with Crippen molar-refractivity contribution >= 4 is 34.2 Å². The molecule has 6 heteroatoms. The predicted octanol–water partition coefficient (Wildman–Crippen LogP) is 2.70. The van der Waals surface area contributed by atoms with Crippen LogP contribution in [0, 0.1) is 6.92 Å². The van der Waals surface area contributed by atoms with E-state index in [1.807, 2.05) is 11.8 Å². The number of nitrogens with zero attached hydrogens (tertiary/aromatic N) is 1. The minimum Gasteiger partial charge on any atom is -0.477 e. The van der Waals surface area contributed by atoms with E-state index in [-0.39, 0.29) is 0 Å². The first kappa shape index (κ1) is 13.3. The van der Waals surface area contributed by atoms with E-state index in [4.69, 9.17) is 5.11 Å². The Labute approximate surface area is 103 Å². The number of carboxylic acids is 1. The topological polar surface area (TPSA) is 62.2 Å². The Morgan fingerprint density at radius 3 is 2.88 bits per heavy atom. The Balaban J connectivity index is 2.60. The Hall–Kier alpha value is -0.750. The summed E-state index contributed by atoms with van der Waals surface area (Å²) in [7, 11) is 0. The van der Waals surface area contributed by atoms with Crippen LogP contribution in [-0.2, 0) is 0 Å². The molecule has 0 aliphatic carbocycles. The second kappa shape index (κ2) is 6.10. The van der Waals surface area contributed by atoms with E-state index in [9.17, 15) is 4.79 Å². The third-order valence-electron chi connectivity index (χ3n) is 1.93. The van der Waals surface area contributed by atoms with E-state index in [2.05, 4.69) is 24.1 Å². The number of hydrogen-bond donors (Lipinski definition) is 2. The van der Waals surface area contributed by atoms with Crippen molar-refractivity contribution in [2.75, 3.05) is 16.8 Å². The molecule has 1 aromatic rings. The number of thiazole rings is 1. The summed E-state index contributed by atoms with van der Waals surface area (Å²) in [5.74, 6) is 1.18. The average molecular weight is 260 g/mol. The summed E-state index contributed by atoms with van der Waals surface area (Å²) in [4.78, 5) is 15.3. The van der Waals surface area contributed by atoms with Crippen molar-refractivity contribution in [2.24, 2.45) is 0 Å². The summed E-state index contributed by atoms with van der Waals surface area (Å²) in [6.07, 6.45) is 0. The third-order valence-corrected chi connectivity index (χ3v) is 4.15. The molecule has 0 spiro atoms. The number of nitrogens with one attached hydrogen (secondary N) is 1. The molecule has 1 rings (SSSR count). The van der Waals surface area contributed by atoms with Crippen LogP contribution in [0.2, 0.25) is 0 Å². The fourth-order valence-electron chi connectivity index (χ4n) is 1.20. The predicted molar refractivity (Wildman–Crippen MR) is 69.9 cm³/mol. The zero-order chi connectivity index (χ0) is 12.1. The molecular formula is C10H16N2O2S2. The van der Waals surface area contributed by atoms with Gasteiger partial charge in [-0.25, -0.2) is 9.78 Å². The molecule has 90 valence electrons. The van der Waals surface area contributed by atoms with Gasteiger partial charge in [0.25, 0.3) is 0 Å². The van der Waals surface area contributed by atoms with Gasteiger partial charge in [0, 0.05) is 11.8 Å². The summed E-state index contributed by atoms with van der Waals surface area (Å²) in [5, 5.41) is 12.8. The van der Waals surface area contributed by atoms with Crippen LogP contribution in [0.15, 0.2) is 0 Å². The smallest absolute Gasteiger partial charge is 0.347 e. The first-order chi connectivity index (χ1) is 7.54. The van der Waals surface area contributed by atoms with E-state index < -0.39 is 5.97 Å². The first-order valence-electron chi connectivity index (χ1n) is 5.09. The fourth-order valence-corrected chi connectivity index (χ4v) is 2.79. The van der Waals surface area contributed by atoms with Crippen molar-refractivity contribution in [3.05, 3.63) is 10.6 Å². The summed E-state index contributed by atoms with van der Waals surface area (Å²) in [5.41, 5.74) is 0.579. The zero-order valence-corrected chi connectivity index (χ0v) is 11.2. The lowest BCUT2D eigenvalue weighted by molar-refractivity contribution is 0.0701. The minimum atomic E-state index is -0.904. The second-order valence-corrected chi connectivity index (χ2v) is 5.76. The van der Waals surface area contributed by atoms with Crippen LogP contribution in [0.3, 0.4) is 0 Å². The molecule has 0 amide bonds. The normalized spacial score (nSPS) is 12.4. The molecule has 0 radical (unpaired) electrons. The molecule has 16 heavy (non-hydrogen) atoms. The standard InChI is InChI=1S/C10H16N2O2S2/c1-4-15-5-6(2)11-10-12-7(3)8(16-10)9(13)14/h6H,4-5H2,1-3H3,(H,11,12)(H,13,14). The fraction of sp³-hybridized carbons (Fsp3) is 0.600. The van der Waals surface area contributed by atoms with Gasteiger partial charge in [-0.1, -0.05) is 18.3 Å². The first-order valence-corrected chi connectivity index (χ1v) is 7.06. The number of rotatable bonds is 6. The molecule has 0 aliphatic rings. The molecule has 0 fully saturated rings. The highest BCUT2D eigenvalue weighted by molar-refractivity contribution is 7.99. The molecule has 0 aliphatic heterocycles. The Kier molecular flexibility index (Phi) is 5.08. The number of aromatic carboxylic acids is 1. The van der Waals surface area contributed by atoms with Crippen LogP contribution in [0.25, 0.3) is 0 Å². The van der Waals surface area contributed by atoms with Gasteiger partial charge < -0.3 is 10.4 Å². The van der Waals surface area contributed by atoms with Gasteiger partial charge in [-0.2, -0.15) is 11.8 Å². The molecule has 4 nitrogen and oxygen atoms in total. The van der Waals surface area contributed by atoms with E-state index in [0.717, 1.165) is 11.5 Å². The van der Waals surface area contributed by atoms with Crippen LogP contribution in [0.1, 0.15) is 29.2 Å². The molecule has 1 aromatic heterocycles. The van der Waals surface area contributed by atoms with Gasteiger partial charge in [0.05, 0.1) is 5.69 Å². The monoisotopic (exact) mass is 260 g/mol. The van der Waals surface area contributed by atoms with Crippen LogP contribution >= 0.6 is 23.1 Å². The van der Waals surface area contributed by atoms with Crippen LogP contribution in [-0.4, -0.2) is 33.6 Å². The largest absolute Gasteiger partial charge is 0.477 e. The second-order valence-electron chi connectivity index (χ2n) is 3.44. The molecule has 1 heterocycles. The van der Waals surface area contributed by atoms with Crippen molar-refractivity contribution < 1.29 is 9.90 Å². The van der Waals surface area contributed by atoms with Gasteiger partial charge in [-0.3, -0.25) is 0 Å². The number of anilines is 1. The Morgan fingerprint density at radius 2 is 2.38 bits per heavy atom. The van der Waals surface area contributed by atoms with Crippen LogP contribution < -0.4 is 5.32 Å². The van der Waals surface area contributed by atoms with Gasteiger partial charge in [-0.05, 0) is 19.6 Å². The number of hydrogen-bond acceptors (Lipinski definition) is 5. The maximum absolute atomic E-state index is 10.8. The Bertz CT molecular complexity index is 366. The summed E-state index contributed by atoms with van der Waals surface area (Å²) in [6, 6.07) is 0.303. The van der Waals surface area contributed by atoms with Crippen molar-refractivity contribution in [3.63, 3.8) is 0 Å². The highest BCUT2D eigenvalue weighted by Crippen LogP contribution is 2.23. The van der Waals surface area contributed by atoms with Crippen molar-refractivity contribution in [3.8, 4) is 0 Å². The number of aromatic nitrogens is 1. The summed E-state index contributed by atoms with van der Waals surface area (Å²) < 4.78 is 0. The molecule has 0 saturated carbocycles. The quantitative estimate of drug-likeness (QED) is 0.823. The van der Waals surface area contributed by atoms with Crippen molar-refractivity contribution in [2.45, 2.75) is 26.8 Å². The lowest BCUT2D eigenvalue weighted by atomic mass is 10.4. The SMILES string of the molecule is CCSCC(C)Nc1nc(C)c(C(=O)O)s1. The number of carbonyl (C=O) groups is 1. The van der Waals surface area contributed by atoms with Crippen molar-refractivity contribution in [1.82, 2.24) is 4.98 Å². The number of thioether (sulfide) groups is 1. The average Bonchev–Trinajstić information content (AvgIpc) is 2.56. The summed E-state index contributed by atoms with van der Waals surface area (Å²) in [6.45, 7) is 5.91. The van der Waals surface area contributed by atoms with Gasteiger partial charge >= 0.3 is 5.97 Å². The van der Waals surface area contributed by atoms with Crippen molar-refractivity contribution in [1.29, 1.82) is 0 Å². The molecule has 1 unspecified atom stereocenters. The van der Waals surface area contributed by atoms with E-state index in [1.165, 1.54) is 11.3 Å². The highest BCUT2D eigenvalue weighted by Gasteiger charge is 2.14. The van der Waals surface area contributed by atoms with Crippen LogP contribution in [0.5, 0.6) is 0 Å².